The number of carbonyl (C=O) groups excluding carboxylic acids is 2. The van der Waals surface area contributed by atoms with Gasteiger partial charge in [0.2, 0.25) is 0 Å². The van der Waals surface area contributed by atoms with E-state index in [2.05, 4.69) is 12.2 Å². The predicted octanol–water partition coefficient (Wildman–Crippen LogP) is 4.03. The van der Waals surface area contributed by atoms with E-state index in [1.54, 1.807) is 0 Å². The first-order valence-electron chi connectivity index (χ1n) is 10.5. The monoisotopic (exact) mass is 432 g/mol. The Bertz CT molecular complexity index is 749. The lowest BCUT2D eigenvalue weighted by molar-refractivity contribution is -0.122. The summed E-state index contributed by atoms with van der Waals surface area (Å²) in [6.45, 7) is 3.43. The Morgan fingerprint density at radius 3 is 2.63 bits per heavy atom. The van der Waals surface area contributed by atoms with Crippen molar-refractivity contribution in [3.05, 3.63) is 40.8 Å². The fraction of sp³-hybridized carbons (Fsp3) is 0.500. The van der Waals surface area contributed by atoms with Crippen LogP contribution >= 0.6 is 11.8 Å². The number of ether oxygens (including phenoxy) is 1. The van der Waals surface area contributed by atoms with Gasteiger partial charge in [0.05, 0.1) is 11.5 Å². The molecule has 1 aliphatic heterocycles. The summed E-state index contributed by atoms with van der Waals surface area (Å²) >= 11 is 0.960. The van der Waals surface area contributed by atoms with Crippen molar-refractivity contribution in [3.63, 3.8) is 0 Å². The van der Waals surface area contributed by atoms with E-state index in [0.29, 0.717) is 11.3 Å². The molecule has 0 radical (unpaired) electrons. The third kappa shape index (κ3) is 8.10. The molecule has 164 valence electrons. The first-order chi connectivity index (χ1) is 14.5. The Labute approximate surface area is 182 Å². The van der Waals surface area contributed by atoms with Crippen molar-refractivity contribution in [1.29, 1.82) is 5.41 Å². The quantitative estimate of drug-likeness (QED) is 0.188. The molecule has 30 heavy (non-hydrogen) atoms. The number of rotatable bonds is 13. The maximum absolute atomic E-state index is 12.3. The largest absolute Gasteiger partial charge is 0.494 e. The van der Waals surface area contributed by atoms with E-state index in [9.17, 15) is 9.59 Å². The molecule has 7 nitrogen and oxygen atoms in total. The van der Waals surface area contributed by atoms with Crippen molar-refractivity contribution in [1.82, 2.24) is 10.2 Å². The van der Waals surface area contributed by atoms with Crippen LogP contribution in [0.1, 0.15) is 51.0 Å². The molecule has 0 atom stereocenters. The van der Waals surface area contributed by atoms with Crippen LogP contribution in [0.4, 0.5) is 4.79 Å². The van der Waals surface area contributed by atoms with Crippen molar-refractivity contribution in [2.45, 2.75) is 51.9 Å². The maximum atomic E-state index is 12.3. The number of nitrogens with one attached hydrogen (secondary N) is 2. The number of unbranched alkanes of at least 4 members (excludes halogenated alkanes) is 4. The summed E-state index contributed by atoms with van der Waals surface area (Å²) in [5, 5.41) is 9.43. The van der Waals surface area contributed by atoms with Gasteiger partial charge in [0.25, 0.3) is 11.1 Å². The molecule has 2 rings (SSSR count). The van der Waals surface area contributed by atoms with Gasteiger partial charge in [-0.3, -0.25) is 19.9 Å². The number of benzene rings is 1. The highest BCUT2D eigenvalue weighted by molar-refractivity contribution is 8.18. The van der Waals surface area contributed by atoms with Crippen LogP contribution in [0.3, 0.4) is 0 Å². The minimum Gasteiger partial charge on any atom is -0.494 e. The zero-order chi connectivity index (χ0) is 21.8. The molecule has 4 N–H and O–H groups in total. The first kappa shape index (κ1) is 23.8. The van der Waals surface area contributed by atoms with E-state index in [0.717, 1.165) is 42.5 Å². The molecule has 1 fully saturated rings. The molecule has 1 aliphatic rings. The lowest BCUT2D eigenvalue weighted by atomic mass is 10.1. The van der Waals surface area contributed by atoms with E-state index in [1.165, 1.54) is 30.6 Å². The van der Waals surface area contributed by atoms with E-state index in [4.69, 9.17) is 15.9 Å². The lowest BCUT2D eigenvalue weighted by Gasteiger charge is -2.12. The van der Waals surface area contributed by atoms with Gasteiger partial charge in [-0.25, -0.2) is 0 Å². The second-order valence-corrected chi connectivity index (χ2v) is 8.17. The highest BCUT2D eigenvalue weighted by Gasteiger charge is 2.34. The van der Waals surface area contributed by atoms with Gasteiger partial charge in [0, 0.05) is 13.1 Å². The fourth-order valence-electron chi connectivity index (χ4n) is 3.05. The van der Waals surface area contributed by atoms with Crippen LogP contribution in [0.15, 0.2) is 35.2 Å². The maximum Gasteiger partial charge on any atom is 0.293 e. The lowest BCUT2D eigenvalue weighted by Crippen LogP contribution is -2.39. The highest BCUT2D eigenvalue weighted by atomic mass is 32.2. The van der Waals surface area contributed by atoms with E-state index in [1.807, 2.05) is 30.3 Å². The molecule has 1 aromatic carbocycles. The summed E-state index contributed by atoms with van der Waals surface area (Å²) in [6, 6.07) is 8.05. The molecule has 1 heterocycles. The predicted molar refractivity (Wildman–Crippen MR) is 122 cm³/mol. The number of amides is 2. The summed E-state index contributed by atoms with van der Waals surface area (Å²) in [6.07, 6.45) is 9.40. The van der Waals surface area contributed by atoms with Crippen LogP contribution in [-0.4, -0.2) is 41.7 Å². The van der Waals surface area contributed by atoms with Crippen molar-refractivity contribution in [2.24, 2.45) is 5.73 Å². The Balaban J connectivity index is 1.72. The molecule has 0 spiro atoms. The Kier molecular flexibility index (Phi) is 10.3. The van der Waals surface area contributed by atoms with Crippen LogP contribution in [0.25, 0.3) is 0 Å². The van der Waals surface area contributed by atoms with Gasteiger partial charge >= 0.3 is 0 Å². The summed E-state index contributed by atoms with van der Waals surface area (Å²) in [4.78, 5) is 26.0. The minimum atomic E-state index is -0.284. The van der Waals surface area contributed by atoms with E-state index < -0.39 is 0 Å². The fourth-order valence-corrected chi connectivity index (χ4v) is 3.92. The topological polar surface area (TPSA) is 109 Å². The van der Waals surface area contributed by atoms with Crippen LogP contribution in [-0.2, 0) is 11.2 Å². The molecule has 0 aromatic heterocycles. The molecule has 0 bridgehead atoms. The number of nitrogens with two attached hydrogens (primary N) is 1. The number of nitrogens with zero attached hydrogens (tertiary/aromatic N) is 1. The molecule has 2 amide bonds. The third-order valence-electron chi connectivity index (χ3n) is 4.73. The normalized spacial score (nSPS) is 15.1. The Hall–Kier alpha value is -2.48. The van der Waals surface area contributed by atoms with Crippen LogP contribution in [0, 0.1) is 5.41 Å². The number of carbonyl (C=O) groups is 2. The number of guanidine groups is 1. The number of aryl methyl sites for hydroxylation is 1. The Morgan fingerprint density at radius 1 is 1.20 bits per heavy atom. The van der Waals surface area contributed by atoms with Crippen molar-refractivity contribution < 1.29 is 14.3 Å². The second kappa shape index (κ2) is 13.0. The molecule has 1 saturated heterocycles. The number of hydrogen-bond acceptors (Lipinski definition) is 5. The van der Waals surface area contributed by atoms with Gasteiger partial charge < -0.3 is 15.8 Å². The molecular formula is C22H32N4O3S. The SMILES string of the molecule is CCCCCCCOc1ccc(CC/C=C2\SC(=O)N(CCNC(=N)N)C2=O)cc1. The standard InChI is InChI=1S/C22H32N4O3S/c1-2-3-4-5-6-16-29-18-12-10-17(11-13-18)8-7-9-19-20(27)26(22(28)30-19)15-14-25-21(23)24/h9-13H,2-8,14-16H2,1H3,(H4,23,24,25)/b19-9-. The smallest absolute Gasteiger partial charge is 0.293 e. The molecule has 0 saturated carbocycles. The minimum absolute atomic E-state index is 0.180. The molecular weight excluding hydrogens is 400 g/mol. The summed E-state index contributed by atoms with van der Waals surface area (Å²) in [5.41, 5.74) is 6.37. The zero-order valence-corrected chi connectivity index (χ0v) is 18.4. The van der Waals surface area contributed by atoms with Gasteiger partial charge in [-0.2, -0.15) is 0 Å². The van der Waals surface area contributed by atoms with Gasteiger partial charge in [-0.1, -0.05) is 50.8 Å². The first-order valence-corrected chi connectivity index (χ1v) is 11.4. The van der Waals surface area contributed by atoms with Gasteiger partial charge in [-0.05, 0) is 48.7 Å². The van der Waals surface area contributed by atoms with Crippen molar-refractivity contribution in [2.75, 3.05) is 19.7 Å². The summed E-state index contributed by atoms with van der Waals surface area (Å²) in [5.74, 6) is 0.425. The van der Waals surface area contributed by atoms with Crippen molar-refractivity contribution >= 4 is 28.9 Å². The molecule has 8 heteroatoms. The third-order valence-corrected chi connectivity index (χ3v) is 5.68. The van der Waals surface area contributed by atoms with Gasteiger partial charge in [0.15, 0.2) is 5.96 Å². The average Bonchev–Trinajstić information content (AvgIpc) is 2.99. The van der Waals surface area contributed by atoms with Crippen molar-refractivity contribution in [3.8, 4) is 5.75 Å². The highest BCUT2D eigenvalue weighted by Crippen LogP contribution is 2.30. The average molecular weight is 433 g/mol. The van der Waals surface area contributed by atoms with Crippen LogP contribution in [0.2, 0.25) is 0 Å². The Morgan fingerprint density at radius 2 is 1.93 bits per heavy atom. The van der Waals surface area contributed by atoms with E-state index in [-0.39, 0.29) is 30.2 Å². The second-order valence-electron chi connectivity index (χ2n) is 7.18. The molecule has 0 unspecified atom stereocenters. The van der Waals surface area contributed by atoms with E-state index >= 15 is 0 Å². The summed E-state index contributed by atoms with van der Waals surface area (Å²) < 4.78 is 5.78. The van der Waals surface area contributed by atoms with Gasteiger partial charge in [-0.15, -0.1) is 0 Å². The summed E-state index contributed by atoms with van der Waals surface area (Å²) in [7, 11) is 0. The molecule has 1 aromatic rings. The van der Waals surface area contributed by atoms with Crippen LogP contribution < -0.4 is 15.8 Å². The number of imide groups is 1. The number of allylic oxidation sites excluding steroid dienone is 1. The van der Waals surface area contributed by atoms with Gasteiger partial charge in [0.1, 0.15) is 5.75 Å². The van der Waals surface area contributed by atoms with Crippen LogP contribution in [0.5, 0.6) is 5.75 Å². The zero-order valence-electron chi connectivity index (χ0n) is 17.6. The number of hydrogen-bond donors (Lipinski definition) is 3. The number of thioether (sulfide) groups is 1. The molecule has 0 aliphatic carbocycles.